The Morgan fingerprint density at radius 2 is 2.10 bits per heavy atom. The van der Waals surface area contributed by atoms with Crippen LogP contribution in [0.2, 0.25) is 0 Å². The fraction of sp³-hybridized carbons (Fsp3) is 0.556. The number of hydrogen-bond acceptors (Lipinski definition) is 3. The minimum Gasteiger partial charge on any atom is -0.489 e. The molecule has 1 saturated carbocycles. The van der Waals surface area contributed by atoms with Crippen molar-refractivity contribution in [2.45, 2.75) is 44.7 Å². The van der Waals surface area contributed by atoms with E-state index >= 15 is 0 Å². The van der Waals surface area contributed by atoms with Crippen LogP contribution in [0.15, 0.2) is 36.9 Å². The molecule has 116 valence electrons. The Morgan fingerprint density at radius 3 is 2.76 bits per heavy atom. The number of rotatable bonds is 7. The monoisotopic (exact) mass is 289 g/mol. The normalized spacial score (nSPS) is 25.5. The van der Waals surface area contributed by atoms with Crippen LogP contribution in [0.3, 0.4) is 0 Å². The van der Waals surface area contributed by atoms with Gasteiger partial charge in [-0.15, -0.1) is 0 Å². The molecule has 1 aromatic rings. The van der Waals surface area contributed by atoms with E-state index in [0.717, 1.165) is 36.6 Å². The van der Waals surface area contributed by atoms with E-state index in [4.69, 9.17) is 4.74 Å². The molecule has 0 aliphatic heterocycles. The fourth-order valence-electron chi connectivity index (χ4n) is 2.93. The molecule has 0 aromatic heterocycles. The van der Waals surface area contributed by atoms with Gasteiger partial charge in [-0.3, -0.25) is 0 Å². The summed E-state index contributed by atoms with van der Waals surface area (Å²) < 4.78 is 5.69. The second kappa shape index (κ2) is 7.62. The Hall–Kier alpha value is -1.32. The van der Waals surface area contributed by atoms with Crippen molar-refractivity contribution < 1.29 is 9.84 Å². The highest BCUT2D eigenvalue weighted by Crippen LogP contribution is 2.32. The quantitative estimate of drug-likeness (QED) is 0.757. The number of benzene rings is 1. The van der Waals surface area contributed by atoms with Crippen LogP contribution in [0, 0.1) is 5.92 Å². The summed E-state index contributed by atoms with van der Waals surface area (Å²) >= 11 is 0. The van der Waals surface area contributed by atoms with Gasteiger partial charge in [-0.25, -0.2) is 0 Å². The average Bonchev–Trinajstić information content (AvgIpc) is 2.53. The maximum atomic E-state index is 9.81. The van der Waals surface area contributed by atoms with Gasteiger partial charge in [0, 0.05) is 17.6 Å². The minimum atomic E-state index is -0.127. The van der Waals surface area contributed by atoms with Crippen LogP contribution in [0.1, 0.15) is 38.2 Å². The number of aliphatic hydroxyl groups excluding tert-OH is 1. The lowest BCUT2D eigenvalue weighted by atomic mass is 9.77. The van der Waals surface area contributed by atoms with Gasteiger partial charge in [-0.05, 0) is 37.7 Å². The molecule has 1 aliphatic carbocycles. The number of para-hydroxylation sites is 1. The number of hydrogen-bond donors (Lipinski definition) is 2. The van der Waals surface area contributed by atoms with Gasteiger partial charge in [0.1, 0.15) is 12.4 Å². The van der Waals surface area contributed by atoms with Crippen molar-refractivity contribution in [3.05, 3.63) is 42.5 Å². The highest BCUT2D eigenvalue weighted by atomic mass is 16.5. The third-order valence-corrected chi connectivity index (χ3v) is 4.52. The molecule has 3 nitrogen and oxygen atoms in total. The van der Waals surface area contributed by atoms with Crippen LogP contribution in [-0.4, -0.2) is 23.9 Å². The molecule has 1 aromatic carbocycles. The Kier molecular flexibility index (Phi) is 5.83. The zero-order valence-electron chi connectivity index (χ0n) is 13.0. The first-order chi connectivity index (χ1) is 10.2. The predicted octanol–water partition coefficient (Wildman–Crippen LogP) is 3.28. The van der Waals surface area contributed by atoms with Gasteiger partial charge >= 0.3 is 0 Å². The Morgan fingerprint density at radius 1 is 1.38 bits per heavy atom. The average molecular weight is 289 g/mol. The molecule has 0 radical (unpaired) electrons. The van der Waals surface area contributed by atoms with Gasteiger partial charge in [0.05, 0.1) is 6.61 Å². The molecule has 0 unspecified atom stereocenters. The second-order valence-electron chi connectivity index (χ2n) is 6.18. The first-order valence-corrected chi connectivity index (χ1v) is 7.86. The molecule has 0 saturated heterocycles. The zero-order valence-corrected chi connectivity index (χ0v) is 13.0. The van der Waals surface area contributed by atoms with E-state index in [9.17, 15) is 5.11 Å². The van der Waals surface area contributed by atoms with Crippen LogP contribution in [0.25, 0.3) is 0 Å². The summed E-state index contributed by atoms with van der Waals surface area (Å²) in [5, 5.41) is 13.4. The lowest BCUT2D eigenvalue weighted by Gasteiger charge is -2.39. The molecule has 0 amide bonds. The third kappa shape index (κ3) is 4.32. The molecule has 21 heavy (non-hydrogen) atoms. The van der Waals surface area contributed by atoms with E-state index in [-0.39, 0.29) is 12.1 Å². The fourth-order valence-corrected chi connectivity index (χ4v) is 2.93. The molecule has 2 rings (SSSR count). The van der Waals surface area contributed by atoms with Gasteiger partial charge in [-0.1, -0.05) is 37.8 Å². The third-order valence-electron chi connectivity index (χ3n) is 4.52. The molecular formula is C18H27NO2. The zero-order chi connectivity index (χ0) is 15.1. The van der Waals surface area contributed by atoms with Crippen LogP contribution < -0.4 is 10.1 Å². The van der Waals surface area contributed by atoms with Crippen molar-refractivity contribution in [2.75, 3.05) is 13.2 Å². The lowest BCUT2D eigenvalue weighted by molar-refractivity contribution is 0.104. The summed E-state index contributed by atoms with van der Waals surface area (Å²) in [4.78, 5) is 0. The standard InChI is InChI=1S/C18H27NO2/c1-3-12-21-17-7-5-4-6-16(17)13-19-18(14-20)10-8-15(2)9-11-18/h3-7,15,19-20H,1,8-14H2,2H3. The molecule has 2 N–H and O–H groups in total. The van der Waals surface area contributed by atoms with Crippen molar-refractivity contribution in [2.24, 2.45) is 5.92 Å². The van der Waals surface area contributed by atoms with E-state index < -0.39 is 0 Å². The SMILES string of the molecule is C=CCOc1ccccc1CNC1(CO)CCC(C)CC1. The van der Waals surface area contributed by atoms with E-state index in [1.54, 1.807) is 6.08 Å². The van der Waals surface area contributed by atoms with Gasteiger partial charge in [0.2, 0.25) is 0 Å². The van der Waals surface area contributed by atoms with E-state index in [2.05, 4.69) is 24.9 Å². The highest BCUT2D eigenvalue weighted by Gasteiger charge is 2.33. The number of nitrogens with one attached hydrogen (secondary N) is 1. The predicted molar refractivity (Wildman–Crippen MR) is 86.4 cm³/mol. The van der Waals surface area contributed by atoms with Gasteiger partial charge < -0.3 is 15.2 Å². The van der Waals surface area contributed by atoms with Crippen molar-refractivity contribution >= 4 is 0 Å². The number of aliphatic hydroxyl groups is 1. The summed E-state index contributed by atoms with van der Waals surface area (Å²) in [5.41, 5.74) is 1.00. The van der Waals surface area contributed by atoms with E-state index in [1.165, 1.54) is 12.8 Å². The molecule has 3 heteroatoms. The summed E-state index contributed by atoms with van der Waals surface area (Å²) in [6.07, 6.45) is 6.20. The molecule has 0 bridgehead atoms. The molecule has 0 heterocycles. The maximum absolute atomic E-state index is 9.81. The molecule has 1 aliphatic rings. The summed E-state index contributed by atoms with van der Waals surface area (Å²) in [5.74, 6) is 1.66. The summed E-state index contributed by atoms with van der Waals surface area (Å²) in [7, 11) is 0. The molecular weight excluding hydrogens is 262 g/mol. The van der Waals surface area contributed by atoms with Gasteiger partial charge in [0.25, 0.3) is 0 Å². The van der Waals surface area contributed by atoms with Crippen molar-refractivity contribution in [3.8, 4) is 5.75 Å². The maximum Gasteiger partial charge on any atom is 0.124 e. The van der Waals surface area contributed by atoms with Crippen LogP contribution in [0.5, 0.6) is 5.75 Å². The van der Waals surface area contributed by atoms with Crippen molar-refractivity contribution in [1.82, 2.24) is 5.32 Å². The lowest BCUT2D eigenvalue weighted by Crippen LogP contribution is -2.50. The highest BCUT2D eigenvalue weighted by molar-refractivity contribution is 5.33. The van der Waals surface area contributed by atoms with E-state index in [1.807, 2.05) is 18.2 Å². The van der Waals surface area contributed by atoms with Crippen LogP contribution in [-0.2, 0) is 6.54 Å². The van der Waals surface area contributed by atoms with E-state index in [0.29, 0.717) is 6.61 Å². The molecule has 1 fully saturated rings. The Labute approximate surface area is 128 Å². The Balaban J connectivity index is 1.99. The van der Waals surface area contributed by atoms with Crippen LogP contribution >= 0.6 is 0 Å². The first kappa shape index (κ1) is 16.1. The van der Waals surface area contributed by atoms with Gasteiger partial charge in [-0.2, -0.15) is 0 Å². The number of ether oxygens (including phenoxy) is 1. The smallest absolute Gasteiger partial charge is 0.124 e. The molecule has 0 spiro atoms. The van der Waals surface area contributed by atoms with Crippen molar-refractivity contribution in [3.63, 3.8) is 0 Å². The second-order valence-corrected chi connectivity index (χ2v) is 6.18. The summed E-state index contributed by atoms with van der Waals surface area (Å²) in [6, 6.07) is 8.05. The topological polar surface area (TPSA) is 41.5 Å². The molecule has 0 atom stereocenters. The van der Waals surface area contributed by atoms with Gasteiger partial charge in [0.15, 0.2) is 0 Å². The van der Waals surface area contributed by atoms with Crippen molar-refractivity contribution in [1.29, 1.82) is 0 Å². The Bertz CT molecular complexity index is 450. The van der Waals surface area contributed by atoms with Crippen LogP contribution in [0.4, 0.5) is 0 Å². The summed E-state index contributed by atoms with van der Waals surface area (Å²) in [6.45, 7) is 7.42. The first-order valence-electron chi connectivity index (χ1n) is 7.86. The minimum absolute atomic E-state index is 0.127. The largest absolute Gasteiger partial charge is 0.489 e.